The summed E-state index contributed by atoms with van der Waals surface area (Å²) in [7, 11) is 1.03. The fraction of sp³-hybridized carbons (Fsp3) is 0.391. The van der Waals surface area contributed by atoms with E-state index >= 15 is 0 Å². The number of benzene rings is 2. The number of methoxy groups -OCH3 is 1. The van der Waals surface area contributed by atoms with Crippen molar-refractivity contribution in [3.63, 3.8) is 0 Å². The molecule has 9 nitrogen and oxygen atoms in total. The van der Waals surface area contributed by atoms with E-state index in [4.69, 9.17) is 21.1 Å². The predicted octanol–water partition coefficient (Wildman–Crippen LogP) is 4.26. The van der Waals surface area contributed by atoms with Crippen molar-refractivity contribution in [1.29, 1.82) is 0 Å². The molecule has 0 saturated heterocycles. The van der Waals surface area contributed by atoms with Crippen LogP contribution in [0.2, 0.25) is 5.02 Å². The molecule has 2 aromatic carbocycles. The van der Waals surface area contributed by atoms with E-state index in [1.807, 2.05) is 18.2 Å². The molecule has 0 bridgehead atoms. The van der Waals surface area contributed by atoms with Gasteiger partial charge in [-0.1, -0.05) is 11.6 Å². The van der Waals surface area contributed by atoms with Crippen molar-refractivity contribution in [2.24, 2.45) is 0 Å². The molecule has 1 aliphatic rings. The number of rotatable bonds is 8. The standard InChI is InChI=1S/C23H27ClFN5O4S/c1-30(2)35(31,32)29-14-4-7-16(8-5-14)34-17-9-11-21-18(13-17)22(28-23(27-21)33-3)26-15-6-10-20(25)19(24)12-15/h6,9-14,16,29H,4-5,7-8H2,1-3H3,(H,26,27,28). The monoisotopic (exact) mass is 523 g/mol. The maximum atomic E-state index is 13.6. The molecule has 188 valence electrons. The van der Waals surface area contributed by atoms with Crippen molar-refractivity contribution < 1.29 is 22.3 Å². The Labute approximate surface area is 208 Å². The first kappa shape index (κ1) is 25.4. The lowest BCUT2D eigenvalue weighted by molar-refractivity contribution is 0.144. The second-order valence-corrected chi connectivity index (χ2v) is 10.8. The molecule has 12 heteroatoms. The first-order chi connectivity index (χ1) is 16.6. The van der Waals surface area contributed by atoms with Gasteiger partial charge in [-0.15, -0.1) is 0 Å². The average molecular weight is 524 g/mol. The largest absolute Gasteiger partial charge is 0.490 e. The van der Waals surface area contributed by atoms with E-state index in [0.717, 1.165) is 12.8 Å². The van der Waals surface area contributed by atoms with Crippen LogP contribution in [-0.4, -0.2) is 56.0 Å². The van der Waals surface area contributed by atoms with Gasteiger partial charge in [0.1, 0.15) is 17.4 Å². The highest BCUT2D eigenvalue weighted by Gasteiger charge is 2.27. The van der Waals surface area contributed by atoms with Gasteiger partial charge < -0.3 is 14.8 Å². The summed E-state index contributed by atoms with van der Waals surface area (Å²) in [5, 5.41) is 3.83. The number of hydrogen-bond donors (Lipinski definition) is 2. The number of nitrogens with one attached hydrogen (secondary N) is 2. The quantitative estimate of drug-likeness (QED) is 0.454. The van der Waals surface area contributed by atoms with E-state index in [1.165, 1.54) is 37.6 Å². The van der Waals surface area contributed by atoms with Crippen molar-refractivity contribution in [2.75, 3.05) is 26.5 Å². The molecular weight excluding hydrogens is 497 g/mol. The highest BCUT2D eigenvalue weighted by atomic mass is 35.5. The van der Waals surface area contributed by atoms with E-state index in [2.05, 4.69) is 20.0 Å². The molecule has 0 spiro atoms. The molecule has 0 unspecified atom stereocenters. The Morgan fingerprint density at radius 3 is 2.49 bits per heavy atom. The Bertz CT molecular complexity index is 1320. The van der Waals surface area contributed by atoms with E-state index < -0.39 is 16.0 Å². The number of ether oxygens (including phenoxy) is 2. The Kier molecular flexibility index (Phi) is 7.60. The minimum atomic E-state index is -3.46. The van der Waals surface area contributed by atoms with E-state index in [9.17, 15) is 12.8 Å². The first-order valence-electron chi connectivity index (χ1n) is 11.1. The Hall–Kier alpha value is -2.73. The zero-order chi connectivity index (χ0) is 25.2. The van der Waals surface area contributed by atoms with Crippen LogP contribution >= 0.6 is 11.6 Å². The molecule has 0 aliphatic heterocycles. The zero-order valence-corrected chi connectivity index (χ0v) is 21.2. The van der Waals surface area contributed by atoms with Gasteiger partial charge in [-0.25, -0.2) is 4.39 Å². The molecule has 1 aliphatic carbocycles. The fourth-order valence-electron chi connectivity index (χ4n) is 3.86. The van der Waals surface area contributed by atoms with E-state index in [0.29, 0.717) is 41.0 Å². The van der Waals surface area contributed by atoms with Crippen molar-refractivity contribution in [2.45, 2.75) is 37.8 Å². The molecule has 0 amide bonds. The summed E-state index contributed by atoms with van der Waals surface area (Å²) in [4.78, 5) is 8.80. The smallest absolute Gasteiger partial charge is 0.318 e. The summed E-state index contributed by atoms with van der Waals surface area (Å²) in [6.07, 6.45) is 2.76. The summed E-state index contributed by atoms with van der Waals surface area (Å²) >= 11 is 5.92. The molecule has 0 radical (unpaired) electrons. The predicted molar refractivity (Wildman–Crippen MR) is 133 cm³/mol. The van der Waals surface area contributed by atoms with Gasteiger partial charge in [0.15, 0.2) is 0 Å². The van der Waals surface area contributed by atoms with Crippen LogP contribution < -0.4 is 19.5 Å². The van der Waals surface area contributed by atoms with Gasteiger partial charge in [-0.2, -0.15) is 27.4 Å². The van der Waals surface area contributed by atoms with Crippen LogP contribution in [0.25, 0.3) is 10.9 Å². The highest BCUT2D eigenvalue weighted by molar-refractivity contribution is 7.87. The average Bonchev–Trinajstić information content (AvgIpc) is 2.82. The van der Waals surface area contributed by atoms with Crippen LogP contribution in [0.3, 0.4) is 0 Å². The maximum absolute atomic E-state index is 13.6. The fourth-order valence-corrected chi connectivity index (χ4v) is 4.91. The van der Waals surface area contributed by atoms with Crippen LogP contribution in [0.15, 0.2) is 36.4 Å². The second-order valence-electron chi connectivity index (χ2n) is 8.49. The summed E-state index contributed by atoms with van der Waals surface area (Å²) in [6.45, 7) is 0. The van der Waals surface area contributed by atoms with Crippen LogP contribution in [0.5, 0.6) is 11.8 Å². The van der Waals surface area contributed by atoms with E-state index in [-0.39, 0.29) is 23.2 Å². The summed E-state index contributed by atoms with van der Waals surface area (Å²) < 4.78 is 53.0. The first-order valence-corrected chi connectivity index (χ1v) is 12.9. The van der Waals surface area contributed by atoms with Gasteiger partial charge >= 0.3 is 6.01 Å². The van der Waals surface area contributed by atoms with Gasteiger partial charge in [-0.05, 0) is 62.1 Å². The number of fused-ring (bicyclic) bond motifs is 1. The molecule has 1 fully saturated rings. The zero-order valence-electron chi connectivity index (χ0n) is 19.6. The molecule has 3 aromatic rings. The molecular formula is C23H27ClFN5O4S. The van der Waals surface area contributed by atoms with Crippen molar-refractivity contribution in [3.05, 3.63) is 47.2 Å². The molecule has 1 aromatic heterocycles. The Balaban J connectivity index is 1.51. The Morgan fingerprint density at radius 1 is 1.09 bits per heavy atom. The number of nitrogens with zero attached hydrogens (tertiary/aromatic N) is 3. The normalized spacial score (nSPS) is 18.6. The van der Waals surface area contributed by atoms with Gasteiger partial charge in [0.05, 0.1) is 23.8 Å². The lowest BCUT2D eigenvalue weighted by Crippen LogP contribution is -2.44. The van der Waals surface area contributed by atoms with Crippen LogP contribution in [-0.2, 0) is 10.2 Å². The molecule has 2 N–H and O–H groups in total. The topological polar surface area (TPSA) is 106 Å². The lowest BCUT2D eigenvalue weighted by Gasteiger charge is -2.30. The summed E-state index contributed by atoms with van der Waals surface area (Å²) in [5.41, 5.74) is 1.20. The SMILES string of the molecule is COc1nc(Nc2ccc(F)c(Cl)c2)c2cc(OC3CCC(NS(=O)(=O)N(C)C)CC3)ccc2n1. The number of hydrogen-bond acceptors (Lipinski definition) is 7. The van der Waals surface area contributed by atoms with Crippen molar-refractivity contribution in [1.82, 2.24) is 19.0 Å². The lowest BCUT2D eigenvalue weighted by atomic mass is 9.93. The second kappa shape index (κ2) is 10.5. The Morgan fingerprint density at radius 2 is 1.83 bits per heavy atom. The van der Waals surface area contributed by atoms with Gasteiger partial charge in [0.2, 0.25) is 0 Å². The third-order valence-corrected chi connectivity index (χ3v) is 7.67. The molecule has 1 heterocycles. The van der Waals surface area contributed by atoms with Crippen molar-refractivity contribution in [3.8, 4) is 11.8 Å². The maximum Gasteiger partial charge on any atom is 0.318 e. The minimum Gasteiger partial charge on any atom is -0.490 e. The molecule has 1 saturated carbocycles. The molecule has 35 heavy (non-hydrogen) atoms. The van der Waals surface area contributed by atoms with Gasteiger partial charge in [0, 0.05) is 31.2 Å². The number of aromatic nitrogens is 2. The minimum absolute atomic E-state index is 0.00665. The third-order valence-electron chi connectivity index (χ3n) is 5.78. The molecule has 0 atom stereocenters. The summed E-state index contributed by atoms with van der Waals surface area (Å²) in [5.74, 6) is 0.591. The van der Waals surface area contributed by atoms with Crippen LogP contribution in [0.1, 0.15) is 25.7 Å². The van der Waals surface area contributed by atoms with Crippen LogP contribution in [0.4, 0.5) is 15.9 Å². The van der Waals surface area contributed by atoms with Crippen LogP contribution in [0, 0.1) is 5.82 Å². The molecule has 4 rings (SSSR count). The highest BCUT2D eigenvalue weighted by Crippen LogP contribution is 2.32. The number of anilines is 2. The number of halogens is 2. The van der Waals surface area contributed by atoms with Gasteiger partial charge in [0.25, 0.3) is 10.2 Å². The summed E-state index contributed by atoms with van der Waals surface area (Å²) in [6, 6.07) is 9.85. The third kappa shape index (κ3) is 6.10. The van der Waals surface area contributed by atoms with Gasteiger partial charge in [-0.3, -0.25) is 0 Å². The van der Waals surface area contributed by atoms with Crippen molar-refractivity contribution >= 4 is 44.2 Å². The van der Waals surface area contributed by atoms with E-state index in [1.54, 1.807) is 6.07 Å².